The molecule has 0 fully saturated rings. The first-order valence-electron chi connectivity index (χ1n) is 12.2. The number of hydrogen-bond donors (Lipinski definition) is 2. The van der Waals surface area contributed by atoms with E-state index in [1.165, 1.54) is 12.1 Å². The lowest BCUT2D eigenvalue weighted by atomic mass is 9.92. The second-order valence-corrected chi connectivity index (χ2v) is 10.6. The molecule has 1 amide bonds. The van der Waals surface area contributed by atoms with Crippen LogP contribution in [0, 0.1) is 6.92 Å². The van der Waals surface area contributed by atoms with Crippen LogP contribution < -0.4 is 10.9 Å². The Morgan fingerprint density at radius 3 is 2.42 bits per heavy atom. The molecule has 0 saturated carbocycles. The molecule has 5 aromatic rings. The van der Waals surface area contributed by atoms with E-state index in [0.717, 1.165) is 16.5 Å². The molecule has 40 heavy (non-hydrogen) atoms. The average molecular weight is 595 g/mol. The molecule has 1 unspecified atom stereocenters. The number of aromatic nitrogens is 2. The second kappa shape index (κ2) is 10.9. The number of hydrogen-bond acceptors (Lipinski definition) is 4. The summed E-state index contributed by atoms with van der Waals surface area (Å²) in [5.74, 6) is -1.94. The summed E-state index contributed by atoms with van der Waals surface area (Å²) < 4.78 is 1.56. The molecule has 0 bridgehead atoms. The van der Waals surface area contributed by atoms with Gasteiger partial charge in [0.15, 0.2) is 0 Å². The predicted molar refractivity (Wildman–Crippen MR) is 159 cm³/mol. The summed E-state index contributed by atoms with van der Waals surface area (Å²) in [4.78, 5) is 43.2. The van der Waals surface area contributed by atoms with E-state index in [4.69, 9.17) is 34.8 Å². The number of nitrogens with zero attached hydrogens (tertiary/aromatic N) is 2. The Labute approximate surface area is 243 Å². The Hall–Kier alpha value is -3.91. The molecule has 2 aromatic heterocycles. The van der Waals surface area contributed by atoms with Crippen LogP contribution in [0.2, 0.25) is 15.1 Å². The molecular weight excluding hydrogens is 573 g/mol. The van der Waals surface area contributed by atoms with Crippen molar-refractivity contribution in [3.63, 3.8) is 0 Å². The largest absolute Gasteiger partial charge is 0.480 e. The molecule has 0 saturated heterocycles. The number of halogens is 3. The van der Waals surface area contributed by atoms with E-state index in [-0.39, 0.29) is 27.6 Å². The van der Waals surface area contributed by atoms with Crippen molar-refractivity contribution in [3.05, 3.63) is 109 Å². The standard InChI is InChI=1S/C30H22Cl3N3O4/c1-15-18-11-9-17(31)14-24(18)36(2)29(38)25(15)19-10-8-16(27-20(19)5-4-12-34-27)13-23(30(39)40)35-28(37)26-21(32)6-3-7-22(26)33/h3-12,14,23H,13H2,1-2H3,(H,35,37)(H,39,40). The minimum Gasteiger partial charge on any atom is -0.480 e. The lowest BCUT2D eigenvalue weighted by Gasteiger charge is -2.18. The second-order valence-electron chi connectivity index (χ2n) is 9.36. The zero-order valence-corrected chi connectivity index (χ0v) is 23.6. The maximum Gasteiger partial charge on any atom is 0.326 e. The fourth-order valence-electron chi connectivity index (χ4n) is 4.97. The lowest BCUT2D eigenvalue weighted by molar-refractivity contribution is -0.139. The van der Waals surface area contributed by atoms with Crippen molar-refractivity contribution in [1.29, 1.82) is 0 Å². The molecule has 0 aliphatic heterocycles. The summed E-state index contributed by atoms with van der Waals surface area (Å²) >= 11 is 18.5. The SMILES string of the molecule is Cc1c(-c2ccc(CC(NC(=O)c3c(Cl)cccc3Cl)C(=O)O)c3ncccc23)c(=O)n(C)c2cc(Cl)ccc12. The third-order valence-electron chi connectivity index (χ3n) is 6.96. The van der Waals surface area contributed by atoms with Gasteiger partial charge in [-0.15, -0.1) is 0 Å². The lowest BCUT2D eigenvalue weighted by Crippen LogP contribution is -2.42. The number of benzene rings is 3. The Kier molecular flexibility index (Phi) is 7.55. The number of rotatable bonds is 6. The van der Waals surface area contributed by atoms with E-state index in [9.17, 15) is 19.5 Å². The predicted octanol–water partition coefficient (Wildman–Crippen LogP) is 6.45. The minimum absolute atomic E-state index is 0.000624. The number of carbonyl (C=O) groups excluding carboxylic acids is 1. The average Bonchev–Trinajstić information content (AvgIpc) is 2.92. The minimum atomic E-state index is -1.30. The Morgan fingerprint density at radius 2 is 1.73 bits per heavy atom. The number of aliphatic carboxylic acids is 1. The van der Waals surface area contributed by atoms with Gasteiger partial charge in [-0.1, -0.05) is 65.1 Å². The quantitative estimate of drug-likeness (QED) is 0.235. The van der Waals surface area contributed by atoms with Gasteiger partial charge in [0.1, 0.15) is 6.04 Å². The van der Waals surface area contributed by atoms with Crippen LogP contribution in [-0.2, 0) is 18.3 Å². The van der Waals surface area contributed by atoms with Crippen molar-refractivity contribution in [2.45, 2.75) is 19.4 Å². The molecule has 2 N–H and O–H groups in total. The van der Waals surface area contributed by atoms with Gasteiger partial charge in [-0.3, -0.25) is 14.6 Å². The molecule has 7 nitrogen and oxygen atoms in total. The van der Waals surface area contributed by atoms with Gasteiger partial charge in [0.2, 0.25) is 0 Å². The first-order chi connectivity index (χ1) is 19.1. The number of carboxylic acid groups (broad SMARTS) is 1. The van der Waals surface area contributed by atoms with Crippen molar-refractivity contribution in [2.24, 2.45) is 7.05 Å². The molecule has 10 heteroatoms. The van der Waals surface area contributed by atoms with Crippen molar-refractivity contribution >= 4 is 68.5 Å². The zero-order valence-electron chi connectivity index (χ0n) is 21.3. The van der Waals surface area contributed by atoms with Gasteiger partial charge in [-0.25, -0.2) is 4.79 Å². The highest BCUT2D eigenvalue weighted by molar-refractivity contribution is 6.39. The molecule has 0 aliphatic rings. The third-order valence-corrected chi connectivity index (χ3v) is 7.82. The fraction of sp³-hybridized carbons (Fsp3) is 0.133. The van der Waals surface area contributed by atoms with Gasteiger partial charge in [0.25, 0.3) is 11.5 Å². The monoisotopic (exact) mass is 593 g/mol. The molecule has 1 atom stereocenters. The summed E-state index contributed by atoms with van der Waals surface area (Å²) in [6.45, 7) is 1.89. The highest BCUT2D eigenvalue weighted by atomic mass is 35.5. The van der Waals surface area contributed by atoms with E-state index in [2.05, 4.69) is 10.3 Å². The van der Waals surface area contributed by atoms with Gasteiger partial charge in [0.05, 0.1) is 32.2 Å². The van der Waals surface area contributed by atoms with Crippen LogP contribution in [0.5, 0.6) is 0 Å². The Bertz CT molecular complexity index is 1880. The van der Waals surface area contributed by atoms with Crippen molar-refractivity contribution < 1.29 is 14.7 Å². The van der Waals surface area contributed by atoms with Gasteiger partial charge in [0, 0.05) is 35.5 Å². The number of carbonyl (C=O) groups is 2. The van der Waals surface area contributed by atoms with E-state index >= 15 is 0 Å². The van der Waals surface area contributed by atoms with Gasteiger partial charge in [-0.2, -0.15) is 0 Å². The van der Waals surface area contributed by atoms with Crippen molar-refractivity contribution in [2.75, 3.05) is 0 Å². The summed E-state index contributed by atoms with van der Waals surface area (Å²) in [7, 11) is 1.70. The fourth-order valence-corrected chi connectivity index (χ4v) is 5.70. The zero-order chi connectivity index (χ0) is 28.7. The number of fused-ring (bicyclic) bond motifs is 2. The molecule has 3 aromatic carbocycles. The Morgan fingerprint density at radius 1 is 1.00 bits per heavy atom. The summed E-state index contributed by atoms with van der Waals surface area (Å²) in [5.41, 5.74) is 3.60. The van der Waals surface area contributed by atoms with Crippen LogP contribution in [0.3, 0.4) is 0 Å². The number of amides is 1. The maximum absolute atomic E-state index is 13.6. The van der Waals surface area contributed by atoms with Crippen LogP contribution in [0.1, 0.15) is 21.5 Å². The molecular formula is C30H22Cl3N3O4. The third kappa shape index (κ3) is 4.92. The summed E-state index contributed by atoms with van der Waals surface area (Å²) in [6, 6.07) is 15.8. The van der Waals surface area contributed by atoms with E-state index in [1.54, 1.807) is 54.2 Å². The maximum atomic E-state index is 13.6. The number of carboxylic acids is 1. The molecule has 0 spiro atoms. The van der Waals surface area contributed by atoms with E-state index in [0.29, 0.717) is 32.6 Å². The number of aryl methyl sites for hydroxylation is 2. The molecule has 202 valence electrons. The summed E-state index contributed by atoms with van der Waals surface area (Å²) in [6.07, 6.45) is 1.53. The Balaban J connectivity index is 1.59. The van der Waals surface area contributed by atoms with Gasteiger partial charge in [-0.05, 0) is 53.9 Å². The highest BCUT2D eigenvalue weighted by Gasteiger charge is 2.26. The first-order valence-corrected chi connectivity index (χ1v) is 13.4. The molecule has 0 radical (unpaired) electrons. The normalized spacial score (nSPS) is 12.0. The van der Waals surface area contributed by atoms with Crippen LogP contribution in [0.15, 0.2) is 71.7 Å². The van der Waals surface area contributed by atoms with E-state index < -0.39 is 17.9 Å². The molecule has 0 aliphatic carbocycles. The van der Waals surface area contributed by atoms with E-state index in [1.807, 2.05) is 19.1 Å². The smallest absolute Gasteiger partial charge is 0.326 e. The molecule has 5 rings (SSSR count). The van der Waals surface area contributed by atoms with Crippen LogP contribution in [0.25, 0.3) is 32.9 Å². The molecule has 2 heterocycles. The number of pyridine rings is 2. The van der Waals surface area contributed by atoms with Crippen LogP contribution in [0.4, 0.5) is 0 Å². The number of nitrogens with one attached hydrogen (secondary N) is 1. The van der Waals surface area contributed by atoms with Gasteiger partial charge >= 0.3 is 5.97 Å². The van der Waals surface area contributed by atoms with Gasteiger partial charge < -0.3 is 15.0 Å². The summed E-state index contributed by atoms with van der Waals surface area (Å²) in [5, 5.41) is 14.8. The highest BCUT2D eigenvalue weighted by Crippen LogP contribution is 2.34. The van der Waals surface area contributed by atoms with Crippen molar-refractivity contribution in [3.8, 4) is 11.1 Å². The van der Waals surface area contributed by atoms with Crippen molar-refractivity contribution in [1.82, 2.24) is 14.9 Å². The topological polar surface area (TPSA) is 101 Å². The van der Waals surface area contributed by atoms with Crippen LogP contribution >= 0.6 is 34.8 Å². The van der Waals surface area contributed by atoms with Crippen LogP contribution in [-0.4, -0.2) is 32.6 Å². The first kappa shape index (κ1) is 27.6.